The third-order valence-electron chi connectivity index (χ3n) is 6.15. The van der Waals surface area contributed by atoms with E-state index in [-0.39, 0.29) is 0 Å². The zero-order valence-electron chi connectivity index (χ0n) is 18.5. The van der Waals surface area contributed by atoms with Crippen LogP contribution in [0.5, 0.6) is 5.75 Å². The summed E-state index contributed by atoms with van der Waals surface area (Å²) < 4.78 is 7.61. The predicted molar refractivity (Wildman–Crippen MR) is 129 cm³/mol. The van der Waals surface area contributed by atoms with Crippen LogP contribution in [0.25, 0.3) is 16.9 Å². The molecule has 0 saturated carbocycles. The molecule has 0 radical (unpaired) electrons. The molecule has 2 aromatic heterocycles. The first-order valence-corrected chi connectivity index (χ1v) is 10.9. The molecule has 8 nitrogen and oxygen atoms in total. The summed E-state index contributed by atoms with van der Waals surface area (Å²) in [6, 6.07) is 12.3. The molecule has 8 heteroatoms. The first-order chi connectivity index (χ1) is 16.0. The number of β-amino-alcohol motifs (C(OH)–C–C–N with tert-alkyl or cyclic N) is 1. The standard InChI is InChI=1S/C25H24N6O2/c1-25(32)14-31(15-25)21-6-5-19(10-22(21)33-2)28-23-24-27-7-8-30(24)13-20(29-23)16-3-4-17-11-26-12-18(17)9-16/h3-11,13,32H,12,14-15H2,1-2H3,(H,28,29). The number of ether oxygens (including phenoxy) is 1. The van der Waals surface area contributed by atoms with Gasteiger partial charge in [-0.1, -0.05) is 12.1 Å². The number of imidazole rings is 1. The Bertz CT molecular complexity index is 1400. The highest BCUT2D eigenvalue weighted by Gasteiger charge is 2.37. The first-order valence-electron chi connectivity index (χ1n) is 10.9. The number of aromatic nitrogens is 3. The number of aliphatic imine (C=N–C) groups is 1. The summed E-state index contributed by atoms with van der Waals surface area (Å²) in [5, 5.41) is 13.5. The van der Waals surface area contributed by atoms with E-state index in [2.05, 4.69) is 38.4 Å². The number of nitrogens with zero attached hydrogens (tertiary/aromatic N) is 5. The zero-order valence-corrected chi connectivity index (χ0v) is 18.5. The number of anilines is 3. The summed E-state index contributed by atoms with van der Waals surface area (Å²) in [5.74, 6) is 1.40. The highest BCUT2D eigenvalue weighted by molar-refractivity contribution is 5.86. The van der Waals surface area contributed by atoms with E-state index >= 15 is 0 Å². The molecule has 0 aliphatic carbocycles. The molecule has 1 saturated heterocycles. The van der Waals surface area contributed by atoms with E-state index in [9.17, 15) is 5.11 Å². The molecule has 0 unspecified atom stereocenters. The lowest BCUT2D eigenvalue weighted by molar-refractivity contribution is 0.0308. The fourth-order valence-corrected chi connectivity index (χ4v) is 4.52. The number of aliphatic hydroxyl groups is 1. The smallest absolute Gasteiger partial charge is 0.180 e. The monoisotopic (exact) mass is 440 g/mol. The van der Waals surface area contributed by atoms with Crippen LogP contribution in [-0.4, -0.2) is 51.5 Å². The summed E-state index contributed by atoms with van der Waals surface area (Å²) in [6.07, 6.45) is 7.59. The third kappa shape index (κ3) is 3.48. The molecule has 33 heavy (non-hydrogen) atoms. The van der Waals surface area contributed by atoms with Gasteiger partial charge in [0.2, 0.25) is 0 Å². The Morgan fingerprint density at radius 3 is 2.85 bits per heavy atom. The van der Waals surface area contributed by atoms with Crippen LogP contribution in [0.15, 0.2) is 60.0 Å². The van der Waals surface area contributed by atoms with Crippen molar-refractivity contribution in [3.8, 4) is 17.0 Å². The Labute approximate surface area is 191 Å². The van der Waals surface area contributed by atoms with E-state index in [0.717, 1.165) is 39.6 Å². The van der Waals surface area contributed by atoms with Crippen LogP contribution in [0.4, 0.5) is 17.2 Å². The lowest BCUT2D eigenvalue weighted by Gasteiger charge is -2.46. The molecule has 4 heterocycles. The fourth-order valence-electron chi connectivity index (χ4n) is 4.52. The van der Waals surface area contributed by atoms with Crippen LogP contribution in [0.2, 0.25) is 0 Å². The van der Waals surface area contributed by atoms with Crippen molar-refractivity contribution in [2.75, 3.05) is 30.4 Å². The molecule has 0 bridgehead atoms. The second-order valence-electron chi connectivity index (χ2n) is 8.88. The van der Waals surface area contributed by atoms with Gasteiger partial charge in [0.05, 0.1) is 30.6 Å². The zero-order chi connectivity index (χ0) is 22.6. The van der Waals surface area contributed by atoms with Gasteiger partial charge in [-0.15, -0.1) is 0 Å². The second-order valence-corrected chi connectivity index (χ2v) is 8.88. The Kier molecular flexibility index (Phi) is 4.38. The molecular formula is C25H24N6O2. The Hall–Kier alpha value is -3.91. The van der Waals surface area contributed by atoms with Crippen molar-refractivity contribution in [1.82, 2.24) is 14.4 Å². The van der Waals surface area contributed by atoms with E-state index in [1.54, 1.807) is 13.3 Å². The molecule has 2 aromatic carbocycles. The molecular weight excluding hydrogens is 416 g/mol. The van der Waals surface area contributed by atoms with Crippen molar-refractivity contribution in [1.29, 1.82) is 0 Å². The number of methoxy groups -OCH3 is 1. The molecule has 4 aromatic rings. The van der Waals surface area contributed by atoms with Crippen molar-refractivity contribution >= 4 is 29.1 Å². The van der Waals surface area contributed by atoms with Crippen molar-refractivity contribution < 1.29 is 9.84 Å². The normalized spacial score (nSPS) is 16.0. The number of rotatable bonds is 5. The van der Waals surface area contributed by atoms with E-state index in [1.165, 1.54) is 5.56 Å². The van der Waals surface area contributed by atoms with E-state index < -0.39 is 5.60 Å². The largest absolute Gasteiger partial charge is 0.495 e. The lowest BCUT2D eigenvalue weighted by Crippen LogP contribution is -2.60. The van der Waals surface area contributed by atoms with E-state index in [0.29, 0.717) is 25.5 Å². The van der Waals surface area contributed by atoms with Crippen LogP contribution in [0, 0.1) is 0 Å². The molecule has 166 valence electrons. The van der Waals surface area contributed by atoms with E-state index in [4.69, 9.17) is 9.72 Å². The molecule has 6 rings (SSSR count). The lowest BCUT2D eigenvalue weighted by atomic mass is 9.96. The van der Waals surface area contributed by atoms with Gasteiger partial charge in [0, 0.05) is 55.2 Å². The van der Waals surface area contributed by atoms with Gasteiger partial charge in [0.1, 0.15) is 5.75 Å². The molecule has 1 fully saturated rings. The number of hydrogen-bond donors (Lipinski definition) is 2. The predicted octanol–water partition coefficient (Wildman–Crippen LogP) is 3.65. The summed E-state index contributed by atoms with van der Waals surface area (Å²) >= 11 is 0. The average Bonchev–Trinajstić information content (AvgIpc) is 3.46. The molecule has 0 amide bonds. The Morgan fingerprint density at radius 2 is 2.03 bits per heavy atom. The van der Waals surface area contributed by atoms with Crippen LogP contribution in [0.1, 0.15) is 18.1 Å². The summed E-state index contributed by atoms with van der Waals surface area (Å²) in [4.78, 5) is 15.8. The summed E-state index contributed by atoms with van der Waals surface area (Å²) in [5.41, 5.74) is 6.16. The van der Waals surface area contributed by atoms with Crippen molar-refractivity contribution in [2.45, 2.75) is 19.1 Å². The topological polar surface area (TPSA) is 87.3 Å². The van der Waals surface area contributed by atoms with Gasteiger partial charge >= 0.3 is 0 Å². The molecule has 2 aliphatic heterocycles. The van der Waals surface area contributed by atoms with Gasteiger partial charge in [-0.3, -0.25) is 4.99 Å². The molecule has 0 spiro atoms. The number of benzene rings is 2. The average molecular weight is 441 g/mol. The fraction of sp³-hybridized carbons (Fsp3) is 0.240. The Balaban J connectivity index is 1.34. The maximum Gasteiger partial charge on any atom is 0.180 e. The van der Waals surface area contributed by atoms with Gasteiger partial charge in [0.25, 0.3) is 0 Å². The number of hydrogen-bond acceptors (Lipinski definition) is 7. The molecule has 0 atom stereocenters. The van der Waals surface area contributed by atoms with Crippen molar-refractivity contribution in [2.24, 2.45) is 4.99 Å². The van der Waals surface area contributed by atoms with Gasteiger partial charge in [-0.2, -0.15) is 0 Å². The Morgan fingerprint density at radius 1 is 1.15 bits per heavy atom. The SMILES string of the molecule is COc1cc(Nc2nc(-c3ccc4c(c3)CN=C4)cn3ccnc23)ccc1N1CC(C)(O)C1. The minimum Gasteiger partial charge on any atom is -0.495 e. The van der Waals surface area contributed by atoms with Gasteiger partial charge in [0.15, 0.2) is 11.5 Å². The maximum absolute atomic E-state index is 10.1. The minimum absolute atomic E-state index is 0.584. The second kappa shape index (κ2) is 7.31. The van der Waals surface area contributed by atoms with Crippen LogP contribution in [-0.2, 0) is 6.54 Å². The molecule has 2 N–H and O–H groups in total. The third-order valence-corrected chi connectivity index (χ3v) is 6.15. The van der Waals surface area contributed by atoms with Gasteiger partial charge in [-0.25, -0.2) is 9.97 Å². The first kappa shape index (κ1) is 19.8. The number of fused-ring (bicyclic) bond motifs is 2. The maximum atomic E-state index is 10.1. The highest BCUT2D eigenvalue weighted by Crippen LogP contribution is 2.37. The van der Waals surface area contributed by atoms with Crippen molar-refractivity contribution in [3.05, 3.63) is 66.1 Å². The quantitative estimate of drug-likeness (QED) is 0.493. The highest BCUT2D eigenvalue weighted by atomic mass is 16.5. The van der Waals surface area contributed by atoms with Gasteiger partial charge < -0.3 is 24.5 Å². The van der Waals surface area contributed by atoms with Crippen LogP contribution < -0.4 is 15.0 Å². The van der Waals surface area contributed by atoms with Crippen LogP contribution in [0.3, 0.4) is 0 Å². The summed E-state index contributed by atoms with van der Waals surface area (Å²) in [7, 11) is 1.66. The van der Waals surface area contributed by atoms with E-state index in [1.807, 2.05) is 48.1 Å². The van der Waals surface area contributed by atoms with Crippen molar-refractivity contribution in [3.63, 3.8) is 0 Å². The van der Waals surface area contributed by atoms with Gasteiger partial charge in [-0.05, 0) is 36.2 Å². The number of nitrogens with one attached hydrogen (secondary N) is 1. The summed E-state index contributed by atoms with van der Waals surface area (Å²) in [6.45, 7) is 3.72. The minimum atomic E-state index is -0.651. The molecule has 2 aliphatic rings. The van der Waals surface area contributed by atoms with Crippen LogP contribution >= 0.6 is 0 Å².